The van der Waals surface area contributed by atoms with Gasteiger partial charge in [0.25, 0.3) is 0 Å². The molecule has 36 valence electrons. The third-order valence-electron chi connectivity index (χ3n) is 0.863. The molecule has 0 nitrogen and oxygen atoms in total. The first-order chi connectivity index (χ1) is 3.39. The van der Waals surface area contributed by atoms with Gasteiger partial charge in [-0.05, 0) is 0 Å². The number of rotatable bonds is 0. The van der Waals surface area contributed by atoms with Crippen LogP contribution in [0.25, 0.3) is 0 Å². The minimum absolute atomic E-state index is 0. The van der Waals surface area contributed by atoms with Gasteiger partial charge in [-0.3, -0.25) is 0 Å². The maximum absolute atomic E-state index is 2.96. The van der Waals surface area contributed by atoms with Crippen LogP contribution in [0.3, 0.4) is 0 Å². The molecule has 0 radical (unpaired) electrons. The Morgan fingerprint density at radius 2 is 2.25 bits per heavy atom. The minimum atomic E-state index is 0. The number of aryl methyl sites for hydroxylation is 1. The molecule has 0 fully saturated rings. The van der Waals surface area contributed by atoms with Gasteiger partial charge in [-0.15, -0.1) is 0 Å². The Bertz CT molecular complexity index is 134. The van der Waals surface area contributed by atoms with Gasteiger partial charge in [0.1, 0.15) is 0 Å². The van der Waals surface area contributed by atoms with E-state index in [4.69, 9.17) is 0 Å². The largest absolute Gasteiger partial charge is 1.00 e. The Balaban J connectivity index is 0.000000490. The molecule has 1 aromatic carbocycles. The Morgan fingerprint density at radius 3 is 2.50 bits per heavy atom. The van der Waals surface area contributed by atoms with Crippen molar-refractivity contribution in [2.24, 2.45) is 0 Å². The van der Waals surface area contributed by atoms with Crippen molar-refractivity contribution >= 4 is 0 Å². The van der Waals surface area contributed by atoms with E-state index in [1.54, 1.807) is 0 Å². The van der Waals surface area contributed by atoms with Crippen LogP contribution in [0.2, 0.25) is 0 Å². The number of hydrogen-bond donors (Lipinski definition) is 0. The van der Waals surface area contributed by atoms with Crippen molar-refractivity contribution in [1.29, 1.82) is 0 Å². The summed E-state index contributed by atoms with van der Waals surface area (Å²) in [5.74, 6) is 0. The number of benzene rings is 1. The summed E-state index contributed by atoms with van der Waals surface area (Å²) in [7, 11) is 0. The second-order valence-electron chi connectivity index (χ2n) is 1.58. The summed E-state index contributed by atoms with van der Waals surface area (Å²) in [4.78, 5) is 0. The third kappa shape index (κ3) is 2.51. The summed E-state index contributed by atoms with van der Waals surface area (Å²) < 4.78 is 0. The van der Waals surface area contributed by atoms with Crippen molar-refractivity contribution in [3.63, 3.8) is 0 Å². The van der Waals surface area contributed by atoms with Crippen molar-refractivity contribution in [2.75, 3.05) is 0 Å². The van der Waals surface area contributed by atoms with E-state index in [0.717, 1.165) is 0 Å². The van der Waals surface area contributed by atoms with Gasteiger partial charge in [-0.1, -0.05) is 6.92 Å². The monoisotopic (exact) mass is 114 g/mol. The molecule has 1 rings (SSSR count). The van der Waals surface area contributed by atoms with Crippen LogP contribution in [0, 0.1) is 13.0 Å². The van der Waals surface area contributed by atoms with Crippen LogP contribution in [0.5, 0.6) is 0 Å². The summed E-state index contributed by atoms with van der Waals surface area (Å²) in [6.07, 6.45) is 0. The SMILES string of the molecule is Cc1c[c-]ccc1.[Na+]. The molecule has 0 bridgehead atoms. The van der Waals surface area contributed by atoms with Crippen molar-refractivity contribution in [2.45, 2.75) is 6.92 Å². The number of hydrogen-bond acceptors (Lipinski definition) is 0. The van der Waals surface area contributed by atoms with Gasteiger partial charge in [0, 0.05) is 0 Å². The van der Waals surface area contributed by atoms with E-state index in [9.17, 15) is 0 Å². The summed E-state index contributed by atoms with van der Waals surface area (Å²) in [6.45, 7) is 2.05. The summed E-state index contributed by atoms with van der Waals surface area (Å²) in [5.41, 5.74) is 1.27. The van der Waals surface area contributed by atoms with E-state index in [1.165, 1.54) is 5.56 Å². The average Bonchev–Trinajstić information content (AvgIpc) is 1.69. The third-order valence-corrected chi connectivity index (χ3v) is 0.863. The molecule has 0 N–H and O–H groups in total. The van der Waals surface area contributed by atoms with Gasteiger partial charge < -0.3 is 0 Å². The van der Waals surface area contributed by atoms with E-state index in [-0.39, 0.29) is 29.6 Å². The van der Waals surface area contributed by atoms with E-state index in [2.05, 4.69) is 19.1 Å². The summed E-state index contributed by atoms with van der Waals surface area (Å²) in [5, 5.41) is 0. The molecule has 0 aliphatic rings. The standard InChI is InChI=1S/C7H7.Na/c1-7-5-3-2-4-6-7;/h2-3,5-6H,1H3;/q-1;+1. The molecule has 1 heteroatoms. The normalized spacial score (nSPS) is 7.62. The van der Waals surface area contributed by atoms with Crippen LogP contribution in [0.15, 0.2) is 24.3 Å². The second kappa shape index (κ2) is 4.13. The first kappa shape index (κ1) is 8.22. The van der Waals surface area contributed by atoms with Gasteiger partial charge in [-0.2, -0.15) is 35.9 Å². The zero-order valence-corrected chi connectivity index (χ0v) is 7.31. The van der Waals surface area contributed by atoms with Gasteiger partial charge in [0.05, 0.1) is 0 Å². The van der Waals surface area contributed by atoms with Crippen LogP contribution in [-0.2, 0) is 0 Å². The first-order valence-electron chi connectivity index (χ1n) is 2.32. The van der Waals surface area contributed by atoms with Gasteiger partial charge in [-0.25, -0.2) is 0 Å². The molecule has 0 unspecified atom stereocenters. The Labute approximate surface area is 72.2 Å². The fourth-order valence-corrected chi connectivity index (χ4v) is 0.483. The molecule has 0 atom stereocenters. The molecule has 0 amide bonds. The smallest absolute Gasteiger partial charge is 0.184 e. The summed E-state index contributed by atoms with van der Waals surface area (Å²) in [6, 6.07) is 10.8. The van der Waals surface area contributed by atoms with Crippen LogP contribution in [-0.4, -0.2) is 0 Å². The van der Waals surface area contributed by atoms with E-state index in [0.29, 0.717) is 0 Å². The van der Waals surface area contributed by atoms with Crippen molar-refractivity contribution in [3.05, 3.63) is 35.9 Å². The molecule has 0 aliphatic heterocycles. The van der Waals surface area contributed by atoms with Gasteiger partial charge >= 0.3 is 29.6 Å². The van der Waals surface area contributed by atoms with Gasteiger partial charge in [0.2, 0.25) is 0 Å². The zero-order valence-electron chi connectivity index (χ0n) is 5.31. The fraction of sp³-hybridized carbons (Fsp3) is 0.143. The van der Waals surface area contributed by atoms with E-state index < -0.39 is 0 Å². The van der Waals surface area contributed by atoms with Crippen molar-refractivity contribution in [3.8, 4) is 0 Å². The molecule has 0 saturated heterocycles. The molecular formula is C7H7Na. The molecular weight excluding hydrogens is 107 g/mol. The minimum Gasteiger partial charge on any atom is -0.184 e. The van der Waals surface area contributed by atoms with Crippen LogP contribution in [0.4, 0.5) is 0 Å². The van der Waals surface area contributed by atoms with Crippen LogP contribution >= 0.6 is 0 Å². The average molecular weight is 114 g/mol. The predicted octanol–water partition coefficient (Wildman–Crippen LogP) is -1.20. The molecule has 1 aromatic rings. The maximum Gasteiger partial charge on any atom is 1.00 e. The van der Waals surface area contributed by atoms with Crippen molar-refractivity contribution in [1.82, 2.24) is 0 Å². The molecule has 0 heterocycles. The quantitative estimate of drug-likeness (QED) is 0.293. The molecule has 0 aromatic heterocycles. The second-order valence-corrected chi connectivity index (χ2v) is 1.58. The Hall–Kier alpha value is 0.220. The molecule has 0 aliphatic carbocycles. The van der Waals surface area contributed by atoms with Gasteiger partial charge in [0.15, 0.2) is 0 Å². The Morgan fingerprint density at radius 1 is 1.50 bits per heavy atom. The molecule has 8 heavy (non-hydrogen) atoms. The first-order valence-corrected chi connectivity index (χ1v) is 2.32. The predicted molar refractivity (Wildman–Crippen MR) is 30.0 cm³/mol. The molecule has 0 saturated carbocycles. The van der Waals surface area contributed by atoms with E-state index in [1.807, 2.05) is 18.2 Å². The zero-order chi connectivity index (χ0) is 5.11. The topological polar surface area (TPSA) is 0 Å². The van der Waals surface area contributed by atoms with Crippen LogP contribution in [0.1, 0.15) is 5.56 Å². The maximum atomic E-state index is 2.96. The van der Waals surface area contributed by atoms with E-state index >= 15 is 0 Å². The Kier molecular flexibility index (Phi) is 4.25. The summed E-state index contributed by atoms with van der Waals surface area (Å²) >= 11 is 0. The molecule has 0 spiro atoms. The van der Waals surface area contributed by atoms with Crippen molar-refractivity contribution < 1.29 is 29.6 Å². The van der Waals surface area contributed by atoms with Crippen LogP contribution < -0.4 is 29.6 Å². The fourth-order valence-electron chi connectivity index (χ4n) is 0.483.